The summed E-state index contributed by atoms with van der Waals surface area (Å²) >= 11 is 0. The number of esters is 1. The van der Waals surface area contributed by atoms with E-state index in [-0.39, 0.29) is 44.6 Å². The molecule has 262 valence electrons. The van der Waals surface area contributed by atoms with Crippen LogP contribution in [0.3, 0.4) is 0 Å². The minimum Gasteiger partial charge on any atom is -0.459 e. The van der Waals surface area contributed by atoms with Gasteiger partial charge in [-0.2, -0.15) is 0 Å². The Hall–Kier alpha value is -2.26. The topological polar surface area (TPSA) is 179 Å². The van der Waals surface area contributed by atoms with Gasteiger partial charge in [-0.25, -0.2) is 9.79 Å². The number of aliphatic hydroxyl groups excluding tert-OH is 1. The third kappa shape index (κ3) is 8.60. The highest BCUT2D eigenvalue weighted by Gasteiger charge is 2.51. The maximum atomic E-state index is 14.1. The van der Waals surface area contributed by atoms with Gasteiger partial charge in [0.05, 0.1) is 37.1 Å². The van der Waals surface area contributed by atoms with Crippen molar-refractivity contribution in [3.8, 4) is 0 Å². The highest BCUT2D eigenvalue weighted by Crippen LogP contribution is 2.39. The van der Waals surface area contributed by atoms with Gasteiger partial charge in [-0.15, -0.1) is 0 Å². The highest BCUT2D eigenvalue weighted by atomic mass is 16.7. The summed E-state index contributed by atoms with van der Waals surface area (Å²) in [6, 6.07) is -1.20. The van der Waals surface area contributed by atoms with E-state index in [1.807, 2.05) is 32.8 Å². The van der Waals surface area contributed by atoms with Gasteiger partial charge < -0.3 is 44.5 Å². The summed E-state index contributed by atoms with van der Waals surface area (Å²) in [6.45, 7) is 16.0. The van der Waals surface area contributed by atoms with Crippen molar-refractivity contribution in [3.63, 3.8) is 0 Å². The molecule has 2 amide bonds. The lowest BCUT2D eigenvalue weighted by atomic mass is 9.76. The number of Topliss-reactive ketones (excluding diaryl/α,β-unsaturated/α-hetero) is 1. The van der Waals surface area contributed by atoms with Gasteiger partial charge in [0.25, 0.3) is 0 Å². The molecular formula is C33H55N3O10. The molecule has 0 aromatic rings. The van der Waals surface area contributed by atoms with Crippen molar-refractivity contribution in [3.05, 3.63) is 12.2 Å². The van der Waals surface area contributed by atoms with E-state index in [1.54, 1.807) is 20.8 Å². The summed E-state index contributed by atoms with van der Waals surface area (Å²) in [6.07, 6.45) is -4.63. The number of nitrogens with zero attached hydrogens (tertiary/aromatic N) is 2. The molecule has 2 bridgehead atoms. The van der Waals surface area contributed by atoms with Gasteiger partial charge in [-0.05, 0) is 72.5 Å². The second-order valence-corrected chi connectivity index (χ2v) is 14.0. The zero-order valence-corrected chi connectivity index (χ0v) is 28.9. The van der Waals surface area contributed by atoms with Crippen molar-refractivity contribution in [1.82, 2.24) is 4.90 Å². The number of hydrogen-bond donors (Lipinski definition) is 3. The number of ether oxygens (including phenoxy) is 5. The quantitative estimate of drug-likeness (QED) is 0.230. The zero-order valence-electron chi connectivity index (χ0n) is 28.9. The van der Waals surface area contributed by atoms with E-state index < -0.39 is 77.4 Å². The standard InChI is InChI=1S/C33H55N3O10/c1-11-24-33(8,41)25-13-22(35-31(34)40)18(3)14-32(7,43-16-17(2)15-42-25)28(20(5)26(37)21(6)29(39)45-24)46-30-27(38)23(36(9)10)12-19(4)44-30/h18-21,23-25,27-28,30,38,41H,2,11-16H2,1,3-10H3,(H2,34,40)/b35-22+/t18-,19-,20+,21-,23+,24+,25+,27-,28-,30+,32-,33-/m1/s1. The number of hydrogen-bond acceptors (Lipinski definition) is 11. The summed E-state index contributed by atoms with van der Waals surface area (Å²) in [5.41, 5.74) is 3.39. The van der Waals surface area contributed by atoms with Gasteiger partial charge in [0.2, 0.25) is 0 Å². The fourth-order valence-corrected chi connectivity index (χ4v) is 6.95. The molecule has 3 saturated heterocycles. The van der Waals surface area contributed by atoms with Gasteiger partial charge >= 0.3 is 12.0 Å². The summed E-state index contributed by atoms with van der Waals surface area (Å²) in [5, 5.41) is 23.2. The molecule has 0 aromatic heterocycles. The largest absolute Gasteiger partial charge is 0.459 e. The van der Waals surface area contributed by atoms with Crippen molar-refractivity contribution in [2.75, 3.05) is 27.3 Å². The Bertz CT molecular complexity index is 1160. The van der Waals surface area contributed by atoms with E-state index in [9.17, 15) is 24.6 Å². The predicted molar refractivity (Wildman–Crippen MR) is 170 cm³/mol. The number of urea groups is 1. The SMILES string of the molecule is C=C1CO[C@H]2C/C(=N\C(N)=O)[C@H](C)C[C@@](C)(OC1)[C@H](O[C@@H]1O[C@H](C)C[C@H](N(C)C)[C@H]1O)[C@@H](C)C(=O)[C@@H](C)C(=O)O[C@@H](CC)[C@@]2(C)O. The van der Waals surface area contributed by atoms with E-state index in [2.05, 4.69) is 11.6 Å². The first kappa shape index (κ1) is 38.2. The van der Waals surface area contributed by atoms with E-state index >= 15 is 0 Å². The average Bonchev–Trinajstić information content (AvgIpc) is 2.99. The van der Waals surface area contributed by atoms with Gasteiger partial charge in [0, 0.05) is 24.1 Å². The van der Waals surface area contributed by atoms with Crippen molar-refractivity contribution in [2.45, 2.75) is 128 Å². The Kier molecular flexibility index (Phi) is 12.7. The average molecular weight is 654 g/mol. The minimum absolute atomic E-state index is 0.00808. The number of likely N-dealkylation sites (N-methyl/N-ethyl adjacent to an activating group) is 1. The number of carbonyl (C=O) groups is 3. The first-order valence-electron chi connectivity index (χ1n) is 16.2. The Labute approximate surface area is 272 Å². The Morgan fingerprint density at radius 2 is 1.83 bits per heavy atom. The molecule has 46 heavy (non-hydrogen) atoms. The molecular weight excluding hydrogens is 598 g/mol. The second-order valence-electron chi connectivity index (χ2n) is 14.0. The second kappa shape index (κ2) is 15.3. The highest BCUT2D eigenvalue weighted by molar-refractivity contribution is 6.00. The van der Waals surface area contributed by atoms with Crippen LogP contribution in [0.1, 0.15) is 74.1 Å². The van der Waals surface area contributed by atoms with Crippen LogP contribution in [0.2, 0.25) is 0 Å². The molecule has 3 rings (SSSR count). The number of amides is 2. The molecule has 0 spiro atoms. The van der Waals surface area contributed by atoms with Gasteiger partial charge in [0.15, 0.2) is 12.1 Å². The Balaban J connectivity index is 2.24. The number of nitrogens with two attached hydrogens (primary N) is 1. The maximum absolute atomic E-state index is 14.1. The number of aliphatic imine (C=N–C) groups is 1. The normalized spacial score (nSPS) is 43.0. The molecule has 3 heterocycles. The molecule has 0 aliphatic carbocycles. The maximum Gasteiger partial charge on any atom is 0.338 e. The lowest BCUT2D eigenvalue weighted by Gasteiger charge is -2.47. The van der Waals surface area contributed by atoms with Crippen LogP contribution in [0, 0.1) is 17.8 Å². The summed E-state index contributed by atoms with van der Waals surface area (Å²) in [5.74, 6) is -3.96. The van der Waals surface area contributed by atoms with E-state index in [1.165, 1.54) is 13.8 Å². The molecule has 3 aliphatic heterocycles. The van der Waals surface area contributed by atoms with Crippen LogP contribution in [0.5, 0.6) is 0 Å². The zero-order chi connectivity index (χ0) is 34.7. The predicted octanol–water partition coefficient (Wildman–Crippen LogP) is 2.39. The molecule has 13 heteroatoms. The van der Waals surface area contributed by atoms with Crippen LogP contribution in [0.25, 0.3) is 0 Å². The monoisotopic (exact) mass is 653 g/mol. The molecule has 4 N–H and O–H groups in total. The molecule has 3 fully saturated rings. The Morgan fingerprint density at radius 3 is 2.41 bits per heavy atom. The first-order valence-corrected chi connectivity index (χ1v) is 16.2. The van der Waals surface area contributed by atoms with E-state index in [0.29, 0.717) is 17.7 Å². The summed E-state index contributed by atoms with van der Waals surface area (Å²) in [7, 11) is 3.73. The lowest BCUT2D eigenvalue weighted by molar-refractivity contribution is -0.296. The number of fused-ring (bicyclic) bond motifs is 5. The van der Waals surface area contributed by atoms with E-state index in [4.69, 9.17) is 29.4 Å². The molecule has 3 aliphatic rings. The summed E-state index contributed by atoms with van der Waals surface area (Å²) in [4.78, 5) is 45.8. The fraction of sp³-hybridized carbons (Fsp3) is 0.818. The number of cyclic esters (lactones) is 1. The Morgan fingerprint density at radius 1 is 1.17 bits per heavy atom. The molecule has 12 atom stereocenters. The number of primary amides is 1. The van der Waals surface area contributed by atoms with Gasteiger partial charge in [-0.3, -0.25) is 9.59 Å². The lowest BCUT2D eigenvalue weighted by Crippen LogP contribution is -2.59. The van der Waals surface area contributed by atoms with Crippen LogP contribution in [-0.2, 0) is 33.3 Å². The van der Waals surface area contributed by atoms with Crippen LogP contribution >= 0.6 is 0 Å². The van der Waals surface area contributed by atoms with Crippen LogP contribution in [-0.4, -0.2) is 120 Å². The van der Waals surface area contributed by atoms with Crippen LogP contribution in [0.15, 0.2) is 17.1 Å². The molecule has 0 unspecified atom stereocenters. The summed E-state index contributed by atoms with van der Waals surface area (Å²) < 4.78 is 31.3. The first-order chi connectivity index (χ1) is 21.3. The van der Waals surface area contributed by atoms with Crippen molar-refractivity contribution >= 4 is 23.5 Å². The minimum atomic E-state index is -1.75. The van der Waals surface area contributed by atoms with Crippen molar-refractivity contribution in [2.24, 2.45) is 28.5 Å². The molecule has 0 saturated carbocycles. The third-order valence-corrected chi connectivity index (χ3v) is 9.80. The van der Waals surface area contributed by atoms with Gasteiger partial charge in [0.1, 0.15) is 23.7 Å². The number of aliphatic hydroxyl groups is 2. The van der Waals surface area contributed by atoms with Crippen LogP contribution < -0.4 is 5.73 Å². The van der Waals surface area contributed by atoms with E-state index in [0.717, 1.165) is 0 Å². The molecule has 0 aromatic carbocycles. The van der Waals surface area contributed by atoms with Crippen molar-refractivity contribution in [1.29, 1.82) is 0 Å². The molecule has 0 radical (unpaired) electrons. The number of carbonyl (C=O) groups excluding carboxylic acids is 3. The van der Waals surface area contributed by atoms with Crippen molar-refractivity contribution < 1.29 is 48.3 Å². The number of ketones is 1. The third-order valence-electron chi connectivity index (χ3n) is 9.80. The number of rotatable bonds is 4. The van der Waals surface area contributed by atoms with Crippen LogP contribution in [0.4, 0.5) is 4.79 Å². The molecule has 13 nitrogen and oxygen atoms in total. The smallest absolute Gasteiger partial charge is 0.338 e. The van der Waals surface area contributed by atoms with Gasteiger partial charge in [-0.1, -0.05) is 27.4 Å². The fourth-order valence-electron chi connectivity index (χ4n) is 6.95.